The number of aryl methyl sites for hydroxylation is 1. The van der Waals surface area contributed by atoms with Crippen molar-refractivity contribution >= 4 is 46.3 Å². The molecule has 6 nitrogen and oxygen atoms in total. The summed E-state index contributed by atoms with van der Waals surface area (Å²) in [4.78, 5) is 26.1. The number of nitrogens with zero attached hydrogens (tertiary/aromatic N) is 1. The van der Waals surface area contributed by atoms with E-state index in [-0.39, 0.29) is 17.6 Å². The lowest BCUT2D eigenvalue weighted by atomic mass is 9.83. The Hall–Kier alpha value is -3.80. The number of anilines is 2. The number of hydrogen-bond donors (Lipinski definition) is 3. The van der Waals surface area contributed by atoms with Crippen molar-refractivity contribution in [1.29, 1.82) is 5.26 Å². The third-order valence-corrected chi connectivity index (χ3v) is 7.92. The average molecular weight is 543 g/mol. The lowest BCUT2D eigenvalue weighted by Gasteiger charge is -2.29. The van der Waals surface area contributed by atoms with Crippen LogP contribution in [0.25, 0.3) is 0 Å². The van der Waals surface area contributed by atoms with Crippen LogP contribution >= 0.6 is 23.1 Å². The monoisotopic (exact) mass is 542 g/mol. The number of dihydropyridines is 1. The van der Waals surface area contributed by atoms with Gasteiger partial charge in [0.2, 0.25) is 5.91 Å². The summed E-state index contributed by atoms with van der Waals surface area (Å²) in [5.41, 5.74) is 5.11. The van der Waals surface area contributed by atoms with Gasteiger partial charge in [0.1, 0.15) is 0 Å². The Kier molecular flexibility index (Phi) is 9.41. The van der Waals surface area contributed by atoms with Gasteiger partial charge in [0.05, 0.1) is 28.3 Å². The molecule has 8 heteroatoms. The number of hydrogen-bond acceptors (Lipinski definition) is 6. The normalized spacial score (nSPS) is 15.0. The first-order chi connectivity index (χ1) is 18.5. The fourth-order valence-corrected chi connectivity index (χ4v) is 5.87. The lowest BCUT2D eigenvalue weighted by molar-refractivity contribution is -0.114. The van der Waals surface area contributed by atoms with Crippen LogP contribution < -0.4 is 16.0 Å². The SMILES string of the molecule is CCCCc1ccc(NC(=O)CSC2=C(C#N)C(c3ccsc3)C(C(=O)Nc3ccccc3)=C(C)N2)cc1. The smallest absolute Gasteiger partial charge is 0.254 e. The molecule has 0 aliphatic carbocycles. The number of nitrogens with one attached hydrogen (secondary N) is 3. The first-order valence-electron chi connectivity index (χ1n) is 12.5. The zero-order valence-corrected chi connectivity index (χ0v) is 23.0. The number of thiophene rings is 1. The topological polar surface area (TPSA) is 94.0 Å². The molecule has 2 heterocycles. The van der Waals surface area contributed by atoms with E-state index >= 15 is 0 Å². The Balaban J connectivity index is 1.50. The van der Waals surface area contributed by atoms with E-state index in [9.17, 15) is 14.9 Å². The molecule has 0 bridgehead atoms. The summed E-state index contributed by atoms with van der Waals surface area (Å²) >= 11 is 2.78. The number of carbonyl (C=O) groups excluding carboxylic acids is 2. The van der Waals surface area contributed by atoms with E-state index in [1.165, 1.54) is 28.7 Å². The second-order valence-electron chi connectivity index (χ2n) is 8.97. The van der Waals surface area contributed by atoms with Crippen LogP contribution in [0.1, 0.15) is 43.7 Å². The van der Waals surface area contributed by atoms with E-state index in [0.717, 1.165) is 30.5 Å². The number of allylic oxidation sites excluding steroid dienone is 2. The molecule has 1 unspecified atom stereocenters. The average Bonchev–Trinajstić information content (AvgIpc) is 3.46. The molecule has 0 saturated carbocycles. The Morgan fingerprint density at radius 2 is 1.79 bits per heavy atom. The molecule has 1 atom stereocenters. The summed E-state index contributed by atoms with van der Waals surface area (Å²) < 4.78 is 0. The molecule has 0 spiro atoms. The van der Waals surface area contributed by atoms with Crippen molar-refractivity contribution in [2.45, 2.75) is 39.0 Å². The fourth-order valence-electron chi connectivity index (χ4n) is 4.29. The van der Waals surface area contributed by atoms with Crippen LogP contribution in [0.4, 0.5) is 11.4 Å². The van der Waals surface area contributed by atoms with Crippen molar-refractivity contribution < 1.29 is 9.59 Å². The van der Waals surface area contributed by atoms with Crippen molar-refractivity contribution in [1.82, 2.24) is 5.32 Å². The van der Waals surface area contributed by atoms with Crippen LogP contribution in [-0.2, 0) is 16.0 Å². The summed E-state index contributed by atoms with van der Waals surface area (Å²) in [6.45, 7) is 3.99. The predicted octanol–water partition coefficient (Wildman–Crippen LogP) is 6.80. The molecule has 4 rings (SSSR count). The minimum Gasteiger partial charge on any atom is -0.353 e. The van der Waals surface area contributed by atoms with Crippen molar-refractivity contribution in [3.8, 4) is 6.07 Å². The van der Waals surface area contributed by atoms with Gasteiger partial charge in [-0.15, -0.1) is 0 Å². The van der Waals surface area contributed by atoms with E-state index in [0.29, 0.717) is 27.6 Å². The summed E-state index contributed by atoms with van der Waals surface area (Å²) in [6.07, 6.45) is 3.31. The second kappa shape index (κ2) is 13.1. The number of carbonyl (C=O) groups is 2. The van der Waals surface area contributed by atoms with Crippen LogP contribution in [0.15, 0.2) is 93.3 Å². The maximum absolute atomic E-state index is 13.4. The van der Waals surface area contributed by atoms with Gasteiger partial charge in [-0.05, 0) is 72.0 Å². The quantitative estimate of drug-likeness (QED) is 0.262. The third-order valence-electron chi connectivity index (χ3n) is 6.20. The van der Waals surface area contributed by atoms with Gasteiger partial charge in [0.25, 0.3) is 5.91 Å². The summed E-state index contributed by atoms with van der Waals surface area (Å²) in [7, 11) is 0. The molecule has 2 aromatic carbocycles. The number of nitriles is 1. The summed E-state index contributed by atoms with van der Waals surface area (Å²) in [5.74, 6) is -0.837. The molecule has 1 aliphatic heterocycles. The molecule has 1 aromatic heterocycles. The van der Waals surface area contributed by atoms with Crippen LogP contribution in [0.2, 0.25) is 0 Å². The van der Waals surface area contributed by atoms with Gasteiger partial charge in [-0.2, -0.15) is 16.6 Å². The predicted molar refractivity (Wildman–Crippen MR) is 157 cm³/mol. The highest BCUT2D eigenvalue weighted by Gasteiger charge is 2.35. The van der Waals surface area contributed by atoms with Gasteiger partial charge in [0.15, 0.2) is 0 Å². The fraction of sp³-hybridized carbons (Fsp3) is 0.233. The Bertz CT molecular complexity index is 1370. The molecule has 0 saturated heterocycles. The van der Waals surface area contributed by atoms with E-state index in [1.807, 2.05) is 78.3 Å². The van der Waals surface area contributed by atoms with E-state index in [4.69, 9.17) is 0 Å². The highest BCUT2D eigenvalue weighted by molar-refractivity contribution is 8.03. The van der Waals surface area contributed by atoms with Gasteiger partial charge in [-0.3, -0.25) is 9.59 Å². The van der Waals surface area contributed by atoms with Crippen LogP contribution in [-0.4, -0.2) is 17.6 Å². The van der Waals surface area contributed by atoms with Crippen LogP contribution in [0.5, 0.6) is 0 Å². The molecule has 3 N–H and O–H groups in total. The van der Waals surface area contributed by atoms with E-state index in [2.05, 4.69) is 28.9 Å². The van der Waals surface area contributed by atoms with Crippen LogP contribution in [0, 0.1) is 11.3 Å². The Labute approximate surface area is 231 Å². The molecular formula is C30H30N4O2S2. The molecule has 194 valence electrons. The van der Waals surface area contributed by atoms with E-state index in [1.54, 1.807) is 0 Å². The van der Waals surface area contributed by atoms with Gasteiger partial charge in [-0.25, -0.2) is 0 Å². The zero-order chi connectivity index (χ0) is 26.9. The van der Waals surface area contributed by atoms with Crippen molar-refractivity contribution in [2.75, 3.05) is 16.4 Å². The first-order valence-corrected chi connectivity index (χ1v) is 14.4. The van der Waals surface area contributed by atoms with Gasteiger partial charge < -0.3 is 16.0 Å². The number of unbranched alkanes of at least 4 members (excludes halogenated alkanes) is 1. The maximum Gasteiger partial charge on any atom is 0.254 e. The first kappa shape index (κ1) is 27.2. The van der Waals surface area contributed by atoms with Crippen LogP contribution in [0.3, 0.4) is 0 Å². The largest absolute Gasteiger partial charge is 0.353 e. The summed E-state index contributed by atoms with van der Waals surface area (Å²) in [6, 6.07) is 21.4. The number of thioether (sulfide) groups is 1. The van der Waals surface area contributed by atoms with Gasteiger partial charge in [0, 0.05) is 22.6 Å². The Morgan fingerprint density at radius 3 is 2.45 bits per heavy atom. The van der Waals surface area contributed by atoms with Crippen molar-refractivity contribution in [2.24, 2.45) is 0 Å². The number of amides is 2. The zero-order valence-electron chi connectivity index (χ0n) is 21.4. The molecule has 2 amide bonds. The molecule has 3 aromatic rings. The molecular weight excluding hydrogens is 512 g/mol. The highest BCUT2D eigenvalue weighted by Crippen LogP contribution is 2.41. The third kappa shape index (κ3) is 6.74. The molecule has 1 aliphatic rings. The van der Waals surface area contributed by atoms with Crippen molar-refractivity contribution in [3.05, 3.63) is 104 Å². The van der Waals surface area contributed by atoms with Crippen molar-refractivity contribution in [3.63, 3.8) is 0 Å². The summed E-state index contributed by atoms with van der Waals surface area (Å²) in [5, 5.41) is 23.8. The number of para-hydroxylation sites is 1. The standard InChI is InChI=1S/C30H30N4O2S2/c1-3-4-8-21-11-13-24(14-12-21)33-26(35)19-38-30-25(17-31)28(22-15-16-37-18-22)27(20(2)32-30)29(36)34-23-9-6-5-7-10-23/h5-7,9-16,18,28,32H,3-4,8,19H2,1-2H3,(H,33,35)(H,34,36). The van der Waals surface area contributed by atoms with Gasteiger partial charge in [-0.1, -0.05) is 55.4 Å². The van der Waals surface area contributed by atoms with E-state index < -0.39 is 5.92 Å². The molecule has 0 fully saturated rings. The number of benzene rings is 2. The molecule has 38 heavy (non-hydrogen) atoms. The maximum atomic E-state index is 13.4. The molecule has 0 radical (unpaired) electrons. The number of rotatable bonds is 10. The Morgan fingerprint density at radius 1 is 1.05 bits per heavy atom. The van der Waals surface area contributed by atoms with Gasteiger partial charge >= 0.3 is 0 Å². The second-order valence-corrected chi connectivity index (χ2v) is 10.7. The lowest BCUT2D eigenvalue weighted by Crippen LogP contribution is -2.31. The highest BCUT2D eigenvalue weighted by atomic mass is 32.2. The minimum atomic E-state index is -0.530. The minimum absolute atomic E-state index is 0.125.